The summed E-state index contributed by atoms with van der Waals surface area (Å²) in [5.41, 5.74) is 2.20. The normalized spacial score (nSPS) is 13.0. The summed E-state index contributed by atoms with van der Waals surface area (Å²) >= 11 is 1.63. The molecule has 0 saturated carbocycles. The van der Waals surface area contributed by atoms with E-state index < -0.39 is 0 Å². The SMILES string of the molecule is COc1ccc([C@@H](C)NC(=O)[C@@H](C)SCc2ccccc2)cc1OC. The van der Waals surface area contributed by atoms with Crippen LogP contribution in [0.2, 0.25) is 0 Å². The van der Waals surface area contributed by atoms with Gasteiger partial charge in [-0.05, 0) is 37.1 Å². The first-order valence-electron chi connectivity index (χ1n) is 8.23. The molecule has 0 aliphatic carbocycles. The van der Waals surface area contributed by atoms with E-state index in [1.807, 2.05) is 50.2 Å². The molecule has 2 aromatic rings. The molecule has 0 fully saturated rings. The summed E-state index contributed by atoms with van der Waals surface area (Å²) in [6, 6.07) is 15.7. The zero-order chi connectivity index (χ0) is 18.2. The van der Waals surface area contributed by atoms with Crippen LogP contribution >= 0.6 is 11.8 Å². The lowest BCUT2D eigenvalue weighted by Crippen LogP contribution is -2.33. The van der Waals surface area contributed by atoms with Crippen LogP contribution in [-0.2, 0) is 10.5 Å². The molecule has 25 heavy (non-hydrogen) atoms. The van der Waals surface area contributed by atoms with Gasteiger partial charge in [0, 0.05) is 5.75 Å². The number of amides is 1. The molecular weight excluding hydrogens is 334 g/mol. The van der Waals surface area contributed by atoms with Gasteiger partial charge in [-0.1, -0.05) is 36.4 Å². The van der Waals surface area contributed by atoms with Gasteiger partial charge in [-0.3, -0.25) is 4.79 Å². The third kappa shape index (κ3) is 5.43. The van der Waals surface area contributed by atoms with Gasteiger partial charge >= 0.3 is 0 Å². The Morgan fingerprint density at radius 1 is 1.04 bits per heavy atom. The number of methoxy groups -OCH3 is 2. The molecule has 0 unspecified atom stereocenters. The van der Waals surface area contributed by atoms with Crippen LogP contribution < -0.4 is 14.8 Å². The summed E-state index contributed by atoms with van der Waals surface area (Å²) < 4.78 is 10.6. The number of rotatable bonds is 8. The second-order valence-electron chi connectivity index (χ2n) is 5.78. The molecule has 0 aliphatic rings. The summed E-state index contributed by atoms with van der Waals surface area (Å²) in [6.07, 6.45) is 0. The van der Waals surface area contributed by atoms with Gasteiger partial charge in [0.25, 0.3) is 0 Å². The minimum Gasteiger partial charge on any atom is -0.493 e. The van der Waals surface area contributed by atoms with Crippen LogP contribution in [-0.4, -0.2) is 25.4 Å². The topological polar surface area (TPSA) is 47.6 Å². The second-order valence-corrected chi connectivity index (χ2v) is 7.11. The summed E-state index contributed by atoms with van der Waals surface area (Å²) in [5, 5.41) is 2.94. The molecule has 4 nitrogen and oxygen atoms in total. The third-order valence-corrected chi connectivity index (χ3v) is 5.19. The van der Waals surface area contributed by atoms with Gasteiger partial charge in [-0.2, -0.15) is 0 Å². The molecule has 0 heterocycles. The van der Waals surface area contributed by atoms with Gasteiger partial charge in [0.1, 0.15) is 0 Å². The predicted octanol–water partition coefficient (Wildman–Crippen LogP) is 4.20. The molecule has 0 aromatic heterocycles. The number of benzene rings is 2. The van der Waals surface area contributed by atoms with E-state index in [1.54, 1.807) is 26.0 Å². The van der Waals surface area contributed by atoms with Crippen molar-refractivity contribution in [3.8, 4) is 11.5 Å². The average molecular weight is 359 g/mol. The van der Waals surface area contributed by atoms with Crippen LogP contribution in [0.5, 0.6) is 11.5 Å². The number of nitrogens with one attached hydrogen (secondary N) is 1. The highest BCUT2D eigenvalue weighted by atomic mass is 32.2. The van der Waals surface area contributed by atoms with Crippen LogP contribution in [0.15, 0.2) is 48.5 Å². The lowest BCUT2D eigenvalue weighted by Gasteiger charge is -2.19. The number of hydrogen-bond acceptors (Lipinski definition) is 4. The van der Waals surface area contributed by atoms with Crippen molar-refractivity contribution in [3.63, 3.8) is 0 Å². The Kier molecular flexibility index (Phi) is 7.19. The molecule has 5 heteroatoms. The fraction of sp³-hybridized carbons (Fsp3) is 0.350. The van der Waals surface area contributed by atoms with Crippen molar-refractivity contribution >= 4 is 17.7 Å². The zero-order valence-corrected chi connectivity index (χ0v) is 15.9. The summed E-state index contributed by atoms with van der Waals surface area (Å²) in [4.78, 5) is 12.4. The standard InChI is InChI=1S/C20H25NO3S/c1-14(17-10-11-18(23-3)19(12-17)24-4)21-20(22)15(2)25-13-16-8-6-5-7-9-16/h5-12,14-15H,13H2,1-4H3,(H,21,22)/t14-,15-/m1/s1. The van der Waals surface area contributed by atoms with E-state index in [0.29, 0.717) is 11.5 Å². The van der Waals surface area contributed by atoms with Crippen LogP contribution in [0.1, 0.15) is 31.0 Å². The van der Waals surface area contributed by atoms with Gasteiger partial charge in [0.05, 0.1) is 25.5 Å². The van der Waals surface area contributed by atoms with Crippen molar-refractivity contribution in [2.24, 2.45) is 0 Å². The van der Waals surface area contributed by atoms with E-state index >= 15 is 0 Å². The maximum atomic E-state index is 12.4. The third-order valence-electron chi connectivity index (χ3n) is 3.98. The first kappa shape index (κ1) is 19.2. The van der Waals surface area contributed by atoms with E-state index in [0.717, 1.165) is 11.3 Å². The molecule has 0 saturated heterocycles. The van der Waals surface area contributed by atoms with Crippen LogP contribution in [0.4, 0.5) is 0 Å². The van der Waals surface area contributed by atoms with Gasteiger partial charge in [0.15, 0.2) is 11.5 Å². The highest BCUT2D eigenvalue weighted by Gasteiger charge is 2.17. The Hall–Kier alpha value is -2.14. The van der Waals surface area contributed by atoms with E-state index in [9.17, 15) is 4.79 Å². The first-order valence-corrected chi connectivity index (χ1v) is 9.27. The van der Waals surface area contributed by atoms with Crippen LogP contribution in [0.25, 0.3) is 0 Å². The first-order chi connectivity index (χ1) is 12.0. The maximum absolute atomic E-state index is 12.4. The molecule has 2 rings (SSSR count). The molecule has 2 aromatic carbocycles. The largest absolute Gasteiger partial charge is 0.493 e. The van der Waals surface area contributed by atoms with Crippen molar-refractivity contribution in [3.05, 3.63) is 59.7 Å². The van der Waals surface area contributed by atoms with Crippen LogP contribution in [0.3, 0.4) is 0 Å². The fourth-order valence-corrected chi connectivity index (χ4v) is 3.26. The van der Waals surface area contributed by atoms with Crippen LogP contribution in [0, 0.1) is 0 Å². The summed E-state index contributed by atoms with van der Waals surface area (Å²) in [7, 11) is 3.21. The van der Waals surface area contributed by atoms with E-state index in [1.165, 1.54) is 5.56 Å². The number of carbonyl (C=O) groups excluding carboxylic acids is 1. The van der Waals surface area contributed by atoms with E-state index in [-0.39, 0.29) is 17.2 Å². The molecule has 0 radical (unpaired) electrons. The fourth-order valence-electron chi connectivity index (χ4n) is 2.41. The Morgan fingerprint density at radius 2 is 1.72 bits per heavy atom. The zero-order valence-electron chi connectivity index (χ0n) is 15.1. The quantitative estimate of drug-likeness (QED) is 0.767. The monoisotopic (exact) mass is 359 g/mol. The van der Waals surface area contributed by atoms with Crippen molar-refractivity contribution in [1.29, 1.82) is 0 Å². The number of thioether (sulfide) groups is 1. The van der Waals surface area contributed by atoms with Crippen molar-refractivity contribution in [2.45, 2.75) is 30.9 Å². The van der Waals surface area contributed by atoms with Crippen molar-refractivity contribution in [1.82, 2.24) is 5.32 Å². The molecule has 0 bridgehead atoms. The predicted molar refractivity (Wildman–Crippen MR) is 103 cm³/mol. The lowest BCUT2D eigenvalue weighted by molar-refractivity contribution is -0.120. The minimum atomic E-state index is -0.122. The van der Waals surface area contributed by atoms with E-state index in [4.69, 9.17) is 9.47 Å². The molecule has 1 N–H and O–H groups in total. The molecule has 1 amide bonds. The Morgan fingerprint density at radius 3 is 2.36 bits per heavy atom. The van der Waals surface area contributed by atoms with Gasteiger partial charge < -0.3 is 14.8 Å². The number of hydrogen-bond donors (Lipinski definition) is 1. The highest BCUT2D eigenvalue weighted by molar-refractivity contribution is 7.99. The lowest BCUT2D eigenvalue weighted by atomic mass is 10.1. The summed E-state index contributed by atoms with van der Waals surface area (Å²) in [5.74, 6) is 2.19. The van der Waals surface area contributed by atoms with Gasteiger partial charge in [-0.25, -0.2) is 0 Å². The molecule has 0 spiro atoms. The number of ether oxygens (including phenoxy) is 2. The van der Waals surface area contributed by atoms with Gasteiger partial charge in [-0.15, -0.1) is 11.8 Å². The summed E-state index contributed by atoms with van der Waals surface area (Å²) in [6.45, 7) is 3.90. The van der Waals surface area contributed by atoms with Crippen molar-refractivity contribution in [2.75, 3.05) is 14.2 Å². The smallest absolute Gasteiger partial charge is 0.233 e. The van der Waals surface area contributed by atoms with Gasteiger partial charge in [0.2, 0.25) is 5.91 Å². The molecule has 2 atom stereocenters. The maximum Gasteiger partial charge on any atom is 0.233 e. The van der Waals surface area contributed by atoms with E-state index in [2.05, 4.69) is 17.4 Å². The molecule has 0 aliphatic heterocycles. The van der Waals surface area contributed by atoms with Crippen molar-refractivity contribution < 1.29 is 14.3 Å². The average Bonchev–Trinajstić information content (AvgIpc) is 2.66. The Bertz CT molecular complexity index is 691. The molecule has 134 valence electrons. The Labute approximate surface area is 153 Å². The minimum absolute atomic E-state index is 0.0308. The second kappa shape index (κ2) is 9.37. The highest BCUT2D eigenvalue weighted by Crippen LogP contribution is 2.30. The number of carbonyl (C=O) groups is 1. The Balaban J connectivity index is 1.92. The molecular formula is C20H25NO3S.